The fourth-order valence-corrected chi connectivity index (χ4v) is 12.3. The number of nitrogens with one attached hydrogen (secondary N) is 1. The first kappa shape index (κ1) is 80.2. The Morgan fingerprint density at radius 2 is 0.667 bits per heavy atom. The molecule has 0 aromatic heterocycles. The normalized spacial score (nSPS) is 13.6. The Bertz CT molecular complexity index is 1320. The van der Waals surface area contributed by atoms with Crippen molar-refractivity contribution in [2.75, 3.05) is 40.9 Å². The van der Waals surface area contributed by atoms with E-state index in [1.807, 2.05) is 27.2 Å². The maximum Gasteiger partial charge on any atom is 0.268 e. The quantitative estimate of drug-likeness (QED) is 0.0272. The summed E-state index contributed by atoms with van der Waals surface area (Å²) < 4.78 is 23.5. The van der Waals surface area contributed by atoms with Gasteiger partial charge < -0.3 is 28.8 Å². The van der Waals surface area contributed by atoms with Crippen LogP contribution >= 0.6 is 7.82 Å². The highest BCUT2D eigenvalue weighted by Crippen LogP contribution is 2.38. The van der Waals surface area contributed by atoms with Crippen molar-refractivity contribution in [3.63, 3.8) is 0 Å². The van der Waals surface area contributed by atoms with Gasteiger partial charge in [0.05, 0.1) is 39.9 Å². The van der Waals surface area contributed by atoms with E-state index in [1.54, 1.807) is 6.08 Å². The highest BCUT2D eigenvalue weighted by Gasteiger charge is 2.23. The molecule has 0 heterocycles. The molecule has 484 valence electrons. The number of quaternary nitrogens is 1. The van der Waals surface area contributed by atoms with E-state index in [0.717, 1.165) is 38.5 Å². The number of carbonyl (C=O) groups excluding carboxylic acids is 1. The van der Waals surface area contributed by atoms with Crippen LogP contribution < -0.4 is 10.2 Å². The van der Waals surface area contributed by atoms with Crippen molar-refractivity contribution in [3.8, 4) is 0 Å². The van der Waals surface area contributed by atoms with Gasteiger partial charge in [0.25, 0.3) is 7.82 Å². The summed E-state index contributed by atoms with van der Waals surface area (Å²) in [4.78, 5) is 25.6. The van der Waals surface area contributed by atoms with Crippen molar-refractivity contribution in [1.29, 1.82) is 0 Å². The lowest BCUT2D eigenvalue weighted by Crippen LogP contribution is -2.45. The van der Waals surface area contributed by atoms with Crippen LogP contribution in [0.2, 0.25) is 0 Å². The molecule has 0 spiro atoms. The third kappa shape index (κ3) is 66.6. The Balaban J connectivity index is 3.89. The van der Waals surface area contributed by atoms with Crippen LogP contribution in [0.15, 0.2) is 12.2 Å². The summed E-state index contributed by atoms with van der Waals surface area (Å²) in [6.07, 6.45) is 82.2. The van der Waals surface area contributed by atoms with Gasteiger partial charge in [0, 0.05) is 6.42 Å². The number of carbonyl (C=O) groups is 1. The van der Waals surface area contributed by atoms with Gasteiger partial charge in [-0.3, -0.25) is 9.36 Å². The number of amides is 1. The number of likely N-dealkylation sites (N-methyl/N-ethyl adjacent to an activating group) is 1. The van der Waals surface area contributed by atoms with Gasteiger partial charge in [0.15, 0.2) is 0 Å². The monoisotopic (exact) mass is 1170 g/mol. The van der Waals surface area contributed by atoms with Gasteiger partial charge in [-0.15, -0.1) is 0 Å². The topological polar surface area (TPSA) is 108 Å². The molecule has 8 nitrogen and oxygen atoms in total. The maximum atomic E-state index is 13.0. The largest absolute Gasteiger partial charge is 0.756 e. The van der Waals surface area contributed by atoms with E-state index in [0.29, 0.717) is 17.4 Å². The van der Waals surface area contributed by atoms with Crippen molar-refractivity contribution in [1.82, 2.24) is 5.32 Å². The number of phosphoric acid groups is 1. The number of hydrogen-bond donors (Lipinski definition) is 2. The Hall–Kier alpha value is -0.760. The van der Waals surface area contributed by atoms with Gasteiger partial charge in [-0.25, -0.2) is 0 Å². The molecule has 0 aliphatic rings. The molecule has 0 radical (unpaired) electrons. The van der Waals surface area contributed by atoms with Crippen molar-refractivity contribution < 1.29 is 32.9 Å². The first-order valence-electron chi connectivity index (χ1n) is 36.6. The second-order valence-electron chi connectivity index (χ2n) is 26.7. The zero-order valence-corrected chi connectivity index (χ0v) is 56.4. The predicted octanol–water partition coefficient (Wildman–Crippen LogP) is 22.7. The van der Waals surface area contributed by atoms with E-state index in [4.69, 9.17) is 9.05 Å². The number of aliphatic hydroxyl groups excluding tert-OH is 1. The summed E-state index contributed by atoms with van der Waals surface area (Å²) in [6.45, 7) is 4.72. The molecule has 3 atom stereocenters. The molecule has 0 fully saturated rings. The van der Waals surface area contributed by atoms with Gasteiger partial charge in [-0.1, -0.05) is 379 Å². The molecule has 0 aromatic rings. The van der Waals surface area contributed by atoms with Crippen LogP contribution in [0.4, 0.5) is 0 Å². The molecule has 0 bridgehead atoms. The number of allylic oxidation sites excluding steroid dienone is 1. The third-order valence-electron chi connectivity index (χ3n) is 17.2. The molecule has 9 heteroatoms. The van der Waals surface area contributed by atoms with E-state index >= 15 is 0 Å². The number of aliphatic hydroxyl groups is 1. The second-order valence-corrected chi connectivity index (χ2v) is 28.1. The summed E-state index contributed by atoms with van der Waals surface area (Å²) in [7, 11) is 1.28. The Morgan fingerprint density at radius 1 is 0.420 bits per heavy atom. The lowest BCUT2D eigenvalue weighted by Gasteiger charge is -2.29. The SMILES string of the molecule is CCCCCCCCCCCCCCCCCCCC/C=C/C(O)C(COP(=O)([O-])OCC[N+](C)(C)C)NC(=O)CCCCCCCCCCCCCCCCCCCCCCCCCCCCCCCCCCCCCCCCC. The summed E-state index contributed by atoms with van der Waals surface area (Å²) in [5, 5.41) is 14.0. The predicted molar refractivity (Wildman–Crippen MR) is 353 cm³/mol. The smallest absolute Gasteiger partial charge is 0.268 e. The van der Waals surface area contributed by atoms with Crippen molar-refractivity contribution >= 4 is 13.7 Å². The first-order chi connectivity index (χ1) is 39.5. The number of nitrogens with zero attached hydrogens (tertiary/aromatic N) is 1. The average Bonchev–Trinajstić information content (AvgIpc) is 3.43. The van der Waals surface area contributed by atoms with Crippen molar-refractivity contribution in [3.05, 3.63) is 12.2 Å². The first-order valence-corrected chi connectivity index (χ1v) is 38.0. The zero-order chi connectivity index (χ0) is 59.1. The van der Waals surface area contributed by atoms with Crippen LogP contribution in [0.5, 0.6) is 0 Å². The molecule has 3 unspecified atom stereocenters. The van der Waals surface area contributed by atoms with Crippen LogP contribution in [0.3, 0.4) is 0 Å². The standard InChI is InChI=1S/C72H145N2O6P/c1-6-8-10-12-14-16-18-20-22-24-26-28-29-30-31-32-33-34-35-36-37-38-39-40-41-42-43-44-45-46-48-50-52-54-56-58-60-62-64-66-72(76)73-70(69-80-81(77,78)79-68-67-74(3,4)5)71(75)65-63-61-59-57-55-53-51-49-47-27-25-23-21-19-17-15-13-11-9-7-2/h63,65,70-71,75H,6-62,64,66-69H2,1-5H3,(H-,73,76,77,78)/b65-63+. The molecule has 0 aliphatic heterocycles. The lowest BCUT2D eigenvalue weighted by atomic mass is 10.0. The van der Waals surface area contributed by atoms with Gasteiger partial charge in [-0.05, 0) is 19.3 Å². The number of rotatable bonds is 69. The summed E-state index contributed by atoms with van der Waals surface area (Å²) in [6, 6.07) is -0.883. The molecular formula is C72H145N2O6P. The Morgan fingerprint density at radius 3 is 0.926 bits per heavy atom. The fourth-order valence-electron chi connectivity index (χ4n) is 11.6. The summed E-state index contributed by atoms with van der Waals surface area (Å²) in [5.74, 6) is -0.187. The van der Waals surface area contributed by atoms with Crippen LogP contribution in [0.25, 0.3) is 0 Å². The number of unbranched alkanes of at least 4 members (excludes halogenated alkanes) is 56. The molecule has 2 N–H and O–H groups in total. The molecule has 81 heavy (non-hydrogen) atoms. The van der Waals surface area contributed by atoms with Crippen LogP contribution in [-0.2, 0) is 18.4 Å². The molecule has 0 saturated carbocycles. The minimum Gasteiger partial charge on any atom is -0.756 e. The highest BCUT2D eigenvalue weighted by atomic mass is 31.2. The van der Waals surface area contributed by atoms with E-state index in [-0.39, 0.29) is 19.1 Å². The molecule has 0 saturated heterocycles. The van der Waals surface area contributed by atoms with Gasteiger partial charge >= 0.3 is 0 Å². The van der Waals surface area contributed by atoms with E-state index < -0.39 is 20.0 Å². The molecule has 1 amide bonds. The average molecular weight is 1170 g/mol. The Labute approximate surface area is 507 Å². The van der Waals surface area contributed by atoms with Gasteiger partial charge in [0.1, 0.15) is 13.2 Å². The van der Waals surface area contributed by atoms with Crippen molar-refractivity contribution in [2.45, 2.75) is 405 Å². The highest BCUT2D eigenvalue weighted by molar-refractivity contribution is 7.45. The fraction of sp³-hybridized carbons (Fsp3) is 0.958. The number of phosphoric ester groups is 1. The minimum atomic E-state index is -4.60. The lowest BCUT2D eigenvalue weighted by molar-refractivity contribution is -0.870. The van der Waals surface area contributed by atoms with Gasteiger partial charge in [-0.2, -0.15) is 0 Å². The maximum absolute atomic E-state index is 13.0. The summed E-state index contributed by atoms with van der Waals surface area (Å²) >= 11 is 0. The van der Waals surface area contributed by atoms with E-state index in [9.17, 15) is 19.4 Å². The molecule has 0 aromatic carbocycles. The van der Waals surface area contributed by atoms with E-state index in [2.05, 4.69) is 19.2 Å². The van der Waals surface area contributed by atoms with Gasteiger partial charge in [0.2, 0.25) is 5.91 Å². The molecule has 0 rings (SSSR count). The molecule has 0 aliphatic carbocycles. The second kappa shape index (κ2) is 63.7. The van der Waals surface area contributed by atoms with Crippen LogP contribution in [-0.4, -0.2) is 68.5 Å². The zero-order valence-electron chi connectivity index (χ0n) is 55.5. The van der Waals surface area contributed by atoms with Crippen LogP contribution in [0.1, 0.15) is 393 Å². The minimum absolute atomic E-state index is 0.00293. The molecular weight excluding hydrogens is 1020 g/mol. The van der Waals surface area contributed by atoms with Crippen molar-refractivity contribution in [2.24, 2.45) is 0 Å². The van der Waals surface area contributed by atoms with Crippen LogP contribution in [0, 0.1) is 0 Å². The number of hydrogen-bond acceptors (Lipinski definition) is 6. The van der Waals surface area contributed by atoms with E-state index in [1.165, 1.54) is 334 Å². The third-order valence-corrected chi connectivity index (χ3v) is 18.2. The Kier molecular flexibility index (Phi) is 63.1. The summed E-state index contributed by atoms with van der Waals surface area (Å²) in [5.41, 5.74) is 0.